The van der Waals surface area contributed by atoms with Gasteiger partial charge in [-0.1, -0.05) is 18.2 Å². The minimum absolute atomic E-state index is 0.0754. The lowest BCUT2D eigenvalue weighted by atomic mass is 9.87. The van der Waals surface area contributed by atoms with E-state index in [2.05, 4.69) is 25.6 Å². The van der Waals surface area contributed by atoms with Crippen LogP contribution in [0.15, 0.2) is 42.6 Å². The maximum Gasteiger partial charge on any atom is 0.271 e. The Hall–Kier alpha value is -3.40. The summed E-state index contributed by atoms with van der Waals surface area (Å²) in [5, 5.41) is 6.81. The summed E-state index contributed by atoms with van der Waals surface area (Å²) in [5.74, 6) is -3.01. The maximum atomic E-state index is 13.9. The lowest BCUT2D eigenvalue weighted by molar-refractivity contribution is -0.0554. The van der Waals surface area contributed by atoms with Crippen molar-refractivity contribution in [1.29, 1.82) is 0 Å². The summed E-state index contributed by atoms with van der Waals surface area (Å²) in [6.07, 6.45) is 1.86. The molecule has 0 unspecified atom stereocenters. The molecule has 1 fully saturated rings. The fraction of sp³-hybridized carbons (Fsp3) is 0.300. The molecule has 0 spiro atoms. The van der Waals surface area contributed by atoms with Gasteiger partial charge in [0.25, 0.3) is 11.8 Å². The molecule has 1 amide bonds. The normalized spacial score (nSPS) is 20.6. The van der Waals surface area contributed by atoms with Crippen molar-refractivity contribution >= 4 is 34.3 Å². The second kappa shape index (κ2) is 7.79. The fourth-order valence-electron chi connectivity index (χ4n) is 3.53. The van der Waals surface area contributed by atoms with Crippen LogP contribution in [0.4, 0.5) is 26.2 Å². The second-order valence-corrected chi connectivity index (χ2v) is 7.26. The Bertz CT molecular complexity index is 1090. The minimum atomic E-state index is -2.95. The number of alkyl halides is 2. The molecule has 0 radical (unpaired) electrons. The quantitative estimate of drug-likeness (QED) is 0.506. The van der Waals surface area contributed by atoms with E-state index in [1.807, 2.05) is 30.3 Å². The third-order valence-electron chi connectivity index (χ3n) is 5.13. The standard InChI is InChI=1S/C20H21F2N7O/c21-20(22)9-3-6-13(17(20)23)27-15-10-25-16(18(24)30)19(29-15)28-14-8-7-11-4-1-2-5-12(11)26-14/h1-2,4-5,7-8,10,13,17H,3,6,9,23H2,(H2,24,30)(H2,26,27,28,29)/t13-,17-/m1/s1. The Morgan fingerprint density at radius 1 is 1.13 bits per heavy atom. The van der Waals surface area contributed by atoms with E-state index in [4.69, 9.17) is 11.5 Å². The molecule has 2 atom stereocenters. The number of nitrogens with zero attached hydrogens (tertiary/aromatic N) is 3. The monoisotopic (exact) mass is 413 g/mol. The van der Waals surface area contributed by atoms with Crippen LogP contribution in [0.5, 0.6) is 0 Å². The Balaban J connectivity index is 1.62. The first-order valence-electron chi connectivity index (χ1n) is 9.53. The van der Waals surface area contributed by atoms with Gasteiger partial charge in [0, 0.05) is 17.8 Å². The molecule has 2 aromatic heterocycles. The van der Waals surface area contributed by atoms with E-state index in [0.29, 0.717) is 18.7 Å². The molecule has 0 saturated heterocycles. The molecule has 3 aromatic rings. The van der Waals surface area contributed by atoms with Gasteiger partial charge in [0.15, 0.2) is 11.5 Å². The number of amides is 1. The van der Waals surface area contributed by atoms with Crippen molar-refractivity contribution in [2.75, 3.05) is 10.6 Å². The van der Waals surface area contributed by atoms with Gasteiger partial charge < -0.3 is 22.1 Å². The number of rotatable bonds is 5. The van der Waals surface area contributed by atoms with Crippen LogP contribution in [-0.4, -0.2) is 38.9 Å². The molecule has 2 heterocycles. The summed E-state index contributed by atoms with van der Waals surface area (Å²) in [4.78, 5) is 24.6. The number of hydrogen-bond donors (Lipinski definition) is 4. The van der Waals surface area contributed by atoms with Gasteiger partial charge in [0.05, 0.1) is 17.8 Å². The van der Waals surface area contributed by atoms with Crippen LogP contribution < -0.4 is 22.1 Å². The van der Waals surface area contributed by atoms with Gasteiger partial charge in [0.2, 0.25) is 0 Å². The van der Waals surface area contributed by atoms with Gasteiger partial charge >= 0.3 is 0 Å². The minimum Gasteiger partial charge on any atom is -0.364 e. The van der Waals surface area contributed by atoms with E-state index in [1.165, 1.54) is 6.20 Å². The number of pyridine rings is 1. The average molecular weight is 413 g/mol. The van der Waals surface area contributed by atoms with E-state index in [9.17, 15) is 13.6 Å². The topological polar surface area (TPSA) is 132 Å². The van der Waals surface area contributed by atoms with Crippen LogP contribution >= 0.6 is 0 Å². The second-order valence-electron chi connectivity index (χ2n) is 7.26. The van der Waals surface area contributed by atoms with Crippen LogP contribution in [-0.2, 0) is 0 Å². The third kappa shape index (κ3) is 3.99. The lowest BCUT2D eigenvalue weighted by Gasteiger charge is -2.36. The third-order valence-corrected chi connectivity index (χ3v) is 5.13. The van der Waals surface area contributed by atoms with Crippen molar-refractivity contribution in [3.63, 3.8) is 0 Å². The van der Waals surface area contributed by atoms with Crippen molar-refractivity contribution in [3.05, 3.63) is 48.3 Å². The molecule has 156 valence electrons. The van der Waals surface area contributed by atoms with E-state index in [-0.39, 0.29) is 23.8 Å². The van der Waals surface area contributed by atoms with Gasteiger partial charge in [0.1, 0.15) is 11.6 Å². The number of aromatic nitrogens is 3. The molecular formula is C20H21F2N7O. The predicted octanol–water partition coefficient (Wildman–Crippen LogP) is 2.79. The molecule has 0 bridgehead atoms. The number of carbonyl (C=O) groups is 1. The van der Waals surface area contributed by atoms with Crippen LogP contribution in [0.1, 0.15) is 29.8 Å². The highest BCUT2D eigenvalue weighted by Gasteiger charge is 2.44. The predicted molar refractivity (Wildman–Crippen MR) is 110 cm³/mol. The molecule has 0 aliphatic heterocycles. The first-order chi connectivity index (χ1) is 14.3. The molecule has 1 aliphatic carbocycles. The van der Waals surface area contributed by atoms with Crippen LogP contribution in [0.2, 0.25) is 0 Å². The zero-order valence-electron chi connectivity index (χ0n) is 16.0. The molecule has 10 heteroatoms. The number of primary amides is 1. The Morgan fingerprint density at radius 3 is 2.73 bits per heavy atom. The smallest absolute Gasteiger partial charge is 0.271 e. The van der Waals surface area contributed by atoms with E-state index in [1.54, 1.807) is 6.07 Å². The molecular weight excluding hydrogens is 392 g/mol. The summed E-state index contributed by atoms with van der Waals surface area (Å²) >= 11 is 0. The summed E-state index contributed by atoms with van der Waals surface area (Å²) in [7, 11) is 0. The van der Waals surface area contributed by atoms with Crippen molar-refractivity contribution in [2.24, 2.45) is 11.5 Å². The van der Waals surface area contributed by atoms with Crippen molar-refractivity contribution in [1.82, 2.24) is 15.0 Å². The molecule has 30 heavy (non-hydrogen) atoms. The molecule has 1 aliphatic rings. The highest BCUT2D eigenvalue weighted by Crippen LogP contribution is 2.33. The number of carbonyl (C=O) groups excluding carboxylic acids is 1. The maximum absolute atomic E-state index is 13.9. The molecule has 1 aromatic carbocycles. The highest BCUT2D eigenvalue weighted by atomic mass is 19.3. The van der Waals surface area contributed by atoms with Gasteiger partial charge in [-0.25, -0.2) is 23.7 Å². The number of hydrogen-bond acceptors (Lipinski definition) is 7. The number of halogens is 2. The Morgan fingerprint density at radius 2 is 1.93 bits per heavy atom. The largest absolute Gasteiger partial charge is 0.364 e. The van der Waals surface area contributed by atoms with E-state index < -0.39 is 23.9 Å². The molecule has 6 N–H and O–H groups in total. The first-order valence-corrected chi connectivity index (χ1v) is 9.53. The number of fused-ring (bicyclic) bond motifs is 1. The van der Waals surface area contributed by atoms with E-state index >= 15 is 0 Å². The fourth-order valence-corrected chi connectivity index (χ4v) is 3.53. The number of anilines is 3. The number of benzene rings is 1. The molecule has 8 nitrogen and oxygen atoms in total. The van der Waals surface area contributed by atoms with Crippen molar-refractivity contribution in [3.8, 4) is 0 Å². The number of nitrogens with one attached hydrogen (secondary N) is 2. The van der Waals surface area contributed by atoms with Crippen molar-refractivity contribution < 1.29 is 13.6 Å². The van der Waals surface area contributed by atoms with Crippen LogP contribution in [0.3, 0.4) is 0 Å². The number of nitrogens with two attached hydrogens (primary N) is 2. The number of para-hydroxylation sites is 1. The zero-order valence-corrected chi connectivity index (χ0v) is 16.0. The summed E-state index contributed by atoms with van der Waals surface area (Å²) < 4.78 is 27.9. The van der Waals surface area contributed by atoms with Gasteiger partial charge in [-0.05, 0) is 31.0 Å². The average Bonchev–Trinajstić information content (AvgIpc) is 2.71. The Labute approximate surface area is 171 Å². The molecule has 4 rings (SSSR count). The summed E-state index contributed by atoms with van der Waals surface area (Å²) in [5.41, 5.74) is 11.8. The zero-order chi connectivity index (χ0) is 21.3. The lowest BCUT2D eigenvalue weighted by Crippen LogP contribution is -2.55. The molecule has 1 saturated carbocycles. The summed E-state index contributed by atoms with van der Waals surface area (Å²) in [6, 6.07) is 9.12. The van der Waals surface area contributed by atoms with Gasteiger partial charge in [-0.15, -0.1) is 0 Å². The van der Waals surface area contributed by atoms with Crippen molar-refractivity contribution in [2.45, 2.75) is 37.3 Å². The van der Waals surface area contributed by atoms with Gasteiger partial charge in [-0.3, -0.25) is 4.79 Å². The first kappa shape index (κ1) is 19.9. The van der Waals surface area contributed by atoms with Crippen LogP contribution in [0, 0.1) is 0 Å². The highest BCUT2D eigenvalue weighted by molar-refractivity contribution is 5.96. The summed E-state index contributed by atoms with van der Waals surface area (Å²) in [6.45, 7) is 0. The Kier molecular flexibility index (Phi) is 5.17. The van der Waals surface area contributed by atoms with Crippen LogP contribution in [0.25, 0.3) is 10.9 Å². The SMILES string of the molecule is NC(=O)c1ncc(N[C@@H]2CCCC(F)(F)[C@@H]2N)nc1Nc1ccc2ccccc2n1. The van der Waals surface area contributed by atoms with E-state index in [0.717, 1.165) is 10.9 Å². The van der Waals surface area contributed by atoms with Gasteiger partial charge in [-0.2, -0.15) is 0 Å².